The Kier molecular flexibility index (Phi) is 9.03. The molecule has 192 valence electrons. The molecule has 2 aliphatic rings. The Morgan fingerprint density at radius 3 is 2.26 bits per heavy atom. The van der Waals surface area contributed by atoms with E-state index in [4.69, 9.17) is 0 Å². The van der Waals surface area contributed by atoms with Gasteiger partial charge in [-0.15, -0.1) is 13.2 Å². The molecule has 10 nitrogen and oxygen atoms in total. The lowest BCUT2D eigenvalue weighted by Gasteiger charge is -2.25. The van der Waals surface area contributed by atoms with Gasteiger partial charge in [-0.25, -0.2) is 0 Å². The van der Waals surface area contributed by atoms with E-state index in [2.05, 4.69) is 26.0 Å². The fraction of sp³-hybridized carbons (Fsp3) is 0.762. The Hall–Kier alpha value is -2.70. The number of amides is 4. The Morgan fingerprint density at radius 2 is 1.76 bits per heavy atom. The van der Waals surface area contributed by atoms with Crippen LogP contribution in [0, 0.1) is 11.8 Å². The average molecular weight is 492 g/mol. The zero-order chi connectivity index (χ0) is 25.7. The van der Waals surface area contributed by atoms with Crippen molar-refractivity contribution in [2.75, 3.05) is 13.2 Å². The molecular weight excluding hydrogens is 461 g/mol. The van der Waals surface area contributed by atoms with E-state index in [0.717, 1.165) is 12.8 Å². The number of hydrogen-bond donors (Lipinski definition) is 4. The van der Waals surface area contributed by atoms with Crippen LogP contribution < -0.4 is 21.3 Å². The summed E-state index contributed by atoms with van der Waals surface area (Å²) in [6, 6.07) is -2.67. The van der Waals surface area contributed by atoms with Crippen LogP contribution in [0.1, 0.15) is 52.9 Å². The molecule has 0 aromatic heterocycles. The molecule has 3 atom stereocenters. The largest absolute Gasteiger partial charge is 0.522 e. The second kappa shape index (κ2) is 11.2. The SMILES string of the molecule is CC(C)CC(NC(=O)C(=O)NC1(C)CC1)C(=O)NC(CC1CCNC1=O)C(=O)COC(F)(F)F. The summed E-state index contributed by atoms with van der Waals surface area (Å²) in [6.45, 7) is 4.30. The number of carbonyl (C=O) groups excluding carboxylic acids is 5. The highest BCUT2D eigenvalue weighted by molar-refractivity contribution is 6.35. The first kappa shape index (κ1) is 27.5. The van der Waals surface area contributed by atoms with Crippen LogP contribution in [-0.2, 0) is 28.7 Å². The standard InChI is InChI=1S/C21H31F3N4O6/c1-11(2)8-14(27-18(32)19(33)28-20(3)5-6-20)17(31)26-13(9-12-4-7-25-16(12)30)15(29)10-34-21(22,23)24/h11-14H,4-10H2,1-3H3,(H,25,30)(H,26,31)(H,27,32)(H,28,33). The lowest BCUT2D eigenvalue weighted by molar-refractivity contribution is -0.321. The summed E-state index contributed by atoms with van der Waals surface area (Å²) in [7, 11) is 0. The first-order valence-corrected chi connectivity index (χ1v) is 11.1. The van der Waals surface area contributed by atoms with Crippen LogP contribution >= 0.6 is 0 Å². The molecule has 0 aromatic carbocycles. The van der Waals surface area contributed by atoms with Crippen LogP contribution in [0.2, 0.25) is 0 Å². The van der Waals surface area contributed by atoms with Crippen molar-refractivity contribution in [2.45, 2.75) is 76.9 Å². The van der Waals surface area contributed by atoms with Gasteiger partial charge >= 0.3 is 18.2 Å². The third-order valence-corrected chi connectivity index (χ3v) is 5.72. The van der Waals surface area contributed by atoms with Gasteiger partial charge in [-0.1, -0.05) is 13.8 Å². The highest BCUT2D eigenvalue weighted by Gasteiger charge is 2.41. The summed E-state index contributed by atoms with van der Waals surface area (Å²) >= 11 is 0. The molecule has 0 radical (unpaired) electrons. The van der Waals surface area contributed by atoms with Crippen LogP contribution in [0.25, 0.3) is 0 Å². The predicted molar refractivity (Wildman–Crippen MR) is 112 cm³/mol. The molecule has 0 spiro atoms. The molecule has 4 amide bonds. The van der Waals surface area contributed by atoms with Gasteiger partial charge in [0.1, 0.15) is 12.6 Å². The zero-order valence-electron chi connectivity index (χ0n) is 19.3. The molecule has 1 saturated heterocycles. The van der Waals surface area contributed by atoms with Gasteiger partial charge in [0, 0.05) is 18.0 Å². The van der Waals surface area contributed by atoms with Crippen LogP contribution in [0.4, 0.5) is 13.2 Å². The fourth-order valence-corrected chi connectivity index (χ4v) is 3.52. The number of alkyl halides is 3. The van der Waals surface area contributed by atoms with Crippen LogP contribution in [-0.4, -0.2) is 66.5 Å². The van der Waals surface area contributed by atoms with Crippen molar-refractivity contribution in [3.63, 3.8) is 0 Å². The minimum Gasteiger partial charge on any atom is -0.356 e. The van der Waals surface area contributed by atoms with Crippen molar-refractivity contribution in [1.29, 1.82) is 0 Å². The molecule has 2 fully saturated rings. The Morgan fingerprint density at radius 1 is 1.12 bits per heavy atom. The topological polar surface area (TPSA) is 143 Å². The van der Waals surface area contributed by atoms with E-state index in [-0.39, 0.29) is 24.7 Å². The molecule has 2 rings (SSSR count). The first-order chi connectivity index (χ1) is 15.7. The highest BCUT2D eigenvalue weighted by Crippen LogP contribution is 2.34. The molecule has 0 bridgehead atoms. The third kappa shape index (κ3) is 8.92. The van der Waals surface area contributed by atoms with Crippen molar-refractivity contribution < 1.29 is 41.9 Å². The maximum absolute atomic E-state index is 12.9. The van der Waals surface area contributed by atoms with Gasteiger partial charge in [0.05, 0.1) is 6.04 Å². The highest BCUT2D eigenvalue weighted by atomic mass is 19.4. The van der Waals surface area contributed by atoms with Crippen LogP contribution in [0.5, 0.6) is 0 Å². The number of ketones is 1. The smallest absolute Gasteiger partial charge is 0.356 e. The predicted octanol–water partition coefficient (Wildman–Crippen LogP) is 0.303. The molecule has 3 unspecified atom stereocenters. The zero-order valence-corrected chi connectivity index (χ0v) is 19.3. The van der Waals surface area contributed by atoms with Crippen molar-refractivity contribution in [2.24, 2.45) is 11.8 Å². The lowest BCUT2D eigenvalue weighted by atomic mass is 9.95. The van der Waals surface area contributed by atoms with E-state index in [1.165, 1.54) is 0 Å². The van der Waals surface area contributed by atoms with Gasteiger partial charge < -0.3 is 21.3 Å². The van der Waals surface area contributed by atoms with Crippen molar-refractivity contribution >= 4 is 29.4 Å². The van der Waals surface area contributed by atoms with E-state index in [9.17, 15) is 37.1 Å². The molecule has 4 N–H and O–H groups in total. The molecule has 1 aliphatic heterocycles. The number of rotatable bonds is 11. The van der Waals surface area contributed by atoms with Gasteiger partial charge in [-0.2, -0.15) is 0 Å². The molecule has 1 aliphatic carbocycles. The van der Waals surface area contributed by atoms with E-state index < -0.39 is 60.0 Å². The summed E-state index contributed by atoms with van der Waals surface area (Å²) in [5.74, 6) is -5.02. The van der Waals surface area contributed by atoms with E-state index in [1.54, 1.807) is 20.8 Å². The number of carbonyl (C=O) groups is 5. The number of Topliss-reactive ketones (excluding diaryl/α,β-unsaturated/α-hetero) is 1. The molecule has 1 saturated carbocycles. The summed E-state index contributed by atoms with van der Waals surface area (Å²) in [6.07, 6.45) is -3.37. The Balaban J connectivity index is 2.09. The lowest BCUT2D eigenvalue weighted by Crippen LogP contribution is -2.56. The maximum Gasteiger partial charge on any atom is 0.522 e. The van der Waals surface area contributed by atoms with Gasteiger partial charge in [0.2, 0.25) is 11.8 Å². The number of hydrogen-bond acceptors (Lipinski definition) is 6. The van der Waals surface area contributed by atoms with Crippen molar-refractivity contribution in [3.8, 4) is 0 Å². The van der Waals surface area contributed by atoms with E-state index in [0.29, 0.717) is 13.0 Å². The quantitative estimate of drug-likeness (QED) is 0.306. The Bertz CT molecular complexity index is 813. The summed E-state index contributed by atoms with van der Waals surface area (Å²) < 4.78 is 40.8. The monoisotopic (exact) mass is 492 g/mol. The van der Waals surface area contributed by atoms with Crippen molar-refractivity contribution in [1.82, 2.24) is 21.3 Å². The van der Waals surface area contributed by atoms with Gasteiger partial charge in [-0.3, -0.25) is 28.7 Å². The third-order valence-electron chi connectivity index (χ3n) is 5.72. The molecule has 34 heavy (non-hydrogen) atoms. The van der Waals surface area contributed by atoms with E-state index in [1.807, 2.05) is 0 Å². The molecule has 0 aromatic rings. The average Bonchev–Trinajstić information content (AvgIpc) is 3.30. The Labute approximate surface area is 195 Å². The first-order valence-electron chi connectivity index (χ1n) is 11.1. The normalized spacial score (nSPS) is 20.8. The number of ether oxygens (including phenoxy) is 1. The summed E-state index contributed by atoms with van der Waals surface area (Å²) in [5.41, 5.74) is -0.456. The summed E-state index contributed by atoms with van der Waals surface area (Å²) in [4.78, 5) is 61.7. The maximum atomic E-state index is 12.9. The van der Waals surface area contributed by atoms with E-state index >= 15 is 0 Å². The molecular formula is C21H31F3N4O6. The molecule has 13 heteroatoms. The summed E-state index contributed by atoms with van der Waals surface area (Å²) in [5, 5.41) is 9.81. The van der Waals surface area contributed by atoms with Crippen LogP contribution in [0.15, 0.2) is 0 Å². The second-order valence-corrected chi connectivity index (χ2v) is 9.44. The molecule has 1 heterocycles. The minimum atomic E-state index is -5.05. The van der Waals surface area contributed by atoms with Crippen LogP contribution in [0.3, 0.4) is 0 Å². The van der Waals surface area contributed by atoms with Gasteiger partial charge in [0.25, 0.3) is 0 Å². The number of nitrogens with one attached hydrogen (secondary N) is 4. The number of halogens is 3. The minimum absolute atomic E-state index is 0.103. The van der Waals surface area contributed by atoms with Gasteiger partial charge in [0.15, 0.2) is 5.78 Å². The van der Waals surface area contributed by atoms with Gasteiger partial charge in [-0.05, 0) is 44.9 Å². The fourth-order valence-electron chi connectivity index (χ4n) is 3.52. The van der Waals surface area contributed by atoms with Crippen molar-refractivity contribution in [3.05, 3.63) is 0 Å². The second-order valence-electron chi connectivity index (χ2n) is 9.44.